The number of aromatic nitrogens is 1. The number of hydrogen-bond acceptors (Lipinski definition) is 3. The second-order valence-corrected chi connectivity index (χ2v) is 20.1. The summed E-state index contributed by atoms with van der Waals surface area (Å²) < 4.78 is 5.04. The molecule has 67 heavy (non-hydrogen) atoms. The van der Waals surface area contributed by atoms with E-state index in [9.17, 15) is 0 Å². The average Bonchev–Trinajstić information content (AvgIpc) is 3.93. The molecule has 0 saturated carbocycles. The van der Waals surface area contributed by atoms with Crippen LogP contribution in [0.25, 0.3) is 80.3 Å². The number of nitrogens with zero attached hydrogens (tertiary/aromatic N) is 2. The van der Waals surface area contributed by atoms with Crippen LogP contribution in [0, 0.1) is 0 Å². The number of benzene rings is 11. The van der Waals surface area contributed by atoms with Gasteiger partial charge in [-0.05, 0) is 111 Å². The Balaban J connectivity index is 1.03. The highest BCUT2D eigenvalue weighted by molar-refractivity contribution is 7.99. The van der Waals surface area contributed by atoms with E-state index in [-0.39, 0.29) is 0 Å². The van der Waals surface area contributed by atoms with Gasteiger partial charge in [0, 0.05) is 62.9 Å². The Bertz CT molecular complexity index is 4180. The number of hydrogen-bond donors (Lipinski definition) is 0. The highest BCUT2D eigenvalue weighted by Crippen LogP contribution is 2.62. The average molecular weight is 887 g/mol. The minimum atomic E-state index is -0.511. The van der Waals surface area contributed by atoms with Gasteiger partial charge in [0.2, 0.25) is 0 Å². The zero-order valence-electron chi connectivity index (χ0n) is 36.2. The van der Waals surface area contributed by atoms with Crippen molar-refractivity contribution in [3.63, 3.8) is 0 Å². The second-order valence-electron chi connectivity index (χ2n) is 17.9. The quantitative estimate of drug-likeness (QED) is 0.174. The number of fused-ring (bicyclic) bond motifs is 15. The molecule has 0 amide bonds. The van der Waals surface area contributed by atoms with E-state index in [0.29, 0.717) is 0 Å². The maximum Gasteiger partial charge on any atom is 0.0735 e. The van der Waals surface area contributed by atoms with Gasteiger partial charge in [0.15, 0.2) is 0 Å². The van der Waals surface area contributed by atoms with Gasteiger partial charge in [0.05, 0.1) is 27.8 Å². The summed E-state index contributed by atoms with van der Waals surface area (Å²) >= 11 is 3.77. The second kappa shape index (κ2) is 14.1. The summed E-state index contributed by atoms with van der Waals surface area (Å²) in [5.74, 6) is 0. The monoisotopic (exact) mass is 886 g/mol. The van der Waals surface area contributed by atoms with Crippen LogP contribution in [0.2, 0.25) is 0 Å². The summed E-state index contributed by atoms with van der Waals surface area (Å²) in [4.78, 5) is 5.14. The van der Waals surface area contributed by atoms with E-state index in [4.69, 9.17) is 0 Å². The predicted molar refractivity (Wildman–Crippen MR) is 285 cm³/mol. The molecule has 0 unspecified atom stereocenters. The van der Waals surface area contributed by atoms with Crippen molar-refractivity contribution in [2.24, 2.45) is 0 Å². The smallest absolute Gasteiger partial charge is 0.0735 e. The summed E-state index contributed by atoms with van der Waals surface area (Å²) in [6.45, 7) is 0. The Morgan fingerprint density at radius 3 is 1.85 bits per heavy atom. The minimum absolute atomic E-state index is 0.511. The van der Waals surface area contributed by atoms with Gasteiger partial charge in [0.1, 0.15) is 0 Å². The van der Waals surface area contributed by atoms with Gasteiger partial charge in [-0.25, -0.2) is 0 Å². The zero-order chi connectivity index (χ0) is 43.8. The molecule has 1 aliphatic heterocycles. The molecular formula is C63H38N2S2. The molecular weight excluding hydrogens is 849 g/mol. The highest BCUT2D eigenvalue weighted by Gasteiger charge is 2.48. The molecule has 0 fully saturated rings. The summed E-state index contributed by atoms with van der Waals surface area (Å²) in [5.41, 5.74) is 14.4. The molecule has 4 heteroatoms. The van der Waals surface area contributed by atoms with Gasteiger partial charge in [-0.15, -0.1) is 11.3 Å². The minimum Gasteiger partial charge on any atom is -0.310 e. The number of thiophene rings is 1. The van der Waals surface area contributed by atoms with E-state index in [1.54, 1.807) is 0 Å². The lowest BCUT2D eigenvalue weighted by Crippen LogP contribution is -2.36. The van der Waals surface area contributed by atoms with E-state index in [0.717, 1.165) is 17.1 Å². The predicted octanol–water partition coefficient (Wildman–Crippen LogP) is 17.8. The van der Waals surface area contributed by atoms with Crippen LogP contribution in [-0.2, 0) is 5.41 Å². The van der Waals surface area contributed by atoms with E-state index < -0.39 is 5.41 Å². The molecule has 0 N–H and O–H groups in total. The first kappa shape index (κ1) is 37.3. The van der Waals surface area contributed by atoms with Crippen molar-refractivity contribution < 1.29 is 0 Å². The maximum atomic E-state index is 2.53. The third-order valence-corrected chi connectivity index (χ3v) is 16.9. The van der Waals surface area contributed by atoms with Crippen LogP contribution < -0.4 is 4.90 Å². The molecule has 13 aromatic rings. The van der Waals surface area contributed by atoms with Gasteiger partial charge in [-0.3, -0.25) is 0 Å². The van der Waals surface area contributed by atoms with Crippen molar-refractivity contribution in [3.8, 4) is 16.8 Å². The zero-order valence-corrected chi connectivity index (χ0v) is 37.8. The van der Waals surface area contributed by atoms with Crippen LogP contribution in [-0.4, -0.2) is 4.57 Å². The van der Waals surface area contributed by atoms with Crippen LogP contribution in [0.5, 0.6) is 0 Å². The molecule has 0 saturated heterocycles. The molecule has 11 aromatic carbocycles. The molecule has 0 bridgehead atoms. The first-order valence-electron chi connectivity index (χ1n) is 23.0. The van der Waals surface area contributed by atoms with Crippen LogP contribution >= 0.6 is 23.1 Å². The van der Waals surface area contributed by atoms with Crippen LogP contribution in [0.3, 0.4) is 0 Å². The van der Waals surface area contributed by atoms with Crippen molar-refractivity contribution in [1.82, 2.24) is 4.57 Å². The Labute approximate surface area is 395 Å². The maximum absolute atomic E-state index is 2.53. The Kier molecular flexibility index (Phi) is 7.84. The van der Waals surface area contributed by atoms with Crippen molar-refractivity contribution in [2.75, 3.05) is 4.90 Å². The summed E-state index contributed by atoms with van der Waals surface area (Å²) in [6, 6.07) is 86.5. The largest absolute Gasteiger partial charge is 0.310 e. The molecule has 2 nitrogen and oxygen atoms in total. The summed E-state index contributed by atoms with van der Waals surface area (Å²) in [6.07, 6.45) is 0. The van der Waals surface area contributed by atoms with E-state index in [1.165, 1.54) is 112 Å². The fourth-order valence-electron chi connectivity index (χ4n) is 11.9. The fraction of sp³-hybridized carbons (Fsp3) is 0.0159. The van der Waals surface area contributed by atoms with Crippen molar-refractivity contribution in [3.05, 3.63) is 253 Å². The molecule has 312 valence electrons. The van der Waals surface area contributed by atoms with E-state index in [1.807, 2.05) is 23.1 Å². The van der Waals surface area contributed by atoms with Gasteiger partial charge in [-0.1, -0.05) is 176 Å². The molecule has 2 aromatic heterocycles. The van der Waals surface area contributed by atoms with Crippen LogP contribution in [0.15, 0.2) is 240 Å². The molecule has 0 atom stereocenters. The third kappa shape index (κ3) is 5.12. The SMILES string of the molecule is c1ccc2c(c1)Sc1ccccc1C21c2ccccc2-c2ccc(N(c3ccc4c(c3)sc3ccccc34)c3ccc4c(c3)c3ccccc3n4-c3cccc4ccccc34)c3cccc1c23. The standard InChI is InChI=1S/C63H38N2S2/c1-2-17-42-39(15-1)16-13-27-54(42)65-55-26-9-4-19-44(55)49-37-40(32-35-57(49)65)64(41-31-33-46-45-20-5-10-28-58(45)66-61(46)38-41)56-36-34-47-43-18-3-6-22-50(43)63(53-25-14-21-48(56)62(47)53)51-23-7-11-29-59(51)67-60-30-12-8-24-52(60)63/h1-38H. The topological polar surface area (TPSA) is 8.17 Å². The van der Waals surface area contributed by atoms with Crippen LogP contribution in [0.4, 0.5) is 17.1 Å². The van der Waals surface area contributed by atoms with Gasteiger partial charge in [0.25, 0.3) is 0 Å². The first-order chi connectivity index (χ1) is 33.2. The lowest BCUT2D eigenvalue weighted by atomic mass is 9.59. The Hall–Kier alpha value is -7.89. The normalized spacial score (nSPS) is 13.4. The number of anilines is 3. The molecule has 0 radical (unpaired) electrons. The lowest BCUT2D eigenvalue weighted by molar-refractivity contribution is 0.707. The third-order valence-electron chi connectivity index (χ3n) is 14.6. The van der Waals surface area contributed by atoms with Crippen molar-refractivity contribution in [2.45, 2.75) is 15.2 Å². The molecule has 1 aliphatic carbocycles. The van der Waals surface area contributed by atoms with Gasteiger partial charge in [-0.2, -0.15) is 0 Å². The molecule has 15 rings (SSSR count). The van der Waals surface area contributed by atoms with Crippen LogP contribution in [0.1, 0.15) is 22.3 Å². The summed E-state index contributed by atoms with van der Waals surface area (Å²) in [5, 5.41) is 10.0. The fourth-order valence-corrected chi connectivity index (χ4v) is 14.3. The number of para-hydroxylation sites is 1. The molecule has 2 aliphatic rings. The lowest BCUT2D eigenvalue weighted by Gasteiger charge is -2.46. The Morgan fingerprint density at radius 2 is 0.985 bits per heavy atom. The van der Waals surface area contributed by atoms with Gasteiger partial charge >= 0.3 is 0 Å². The van der Waals surface area contributed by atoms with E-state index in [2.05, 4.69) is 240 Å². The first-order valence-corrected chi connectivity index (χ1v) is 24.6. The van der Waals surface area contributed by atoms with Crippen molar-refractivity contribution >= 4 is 104 Å². The molecule has 1 spiro atoms. The molecule has 3 heterocycles. The van der Waals surface area contributed by atoms with E-state index >= 15 is 0 Å². The highest BCUT2D eigenvalue weighted by atomic mass is 32.2. The summed E-state index contributed by atoms with van der Waals surface area (Å²) in [7, 11) is 0. The van der Waals surface area contributed by atoms with Gasteiger partial charge < -0.3 is 9.47 Å². The number of rotatable bonds is 4. The Morgan fingerprint density at radius 1 is 0.373 bits per heavy atom. The van der Waals surface area contributed by atoms with Crippen molar-refractivity contribution in [1.29, 1.82) is 0 Å².